The lowest BCUT2D eigenvalue weighted by Crippen LogP contribution is -3.12. The van der Waals surface area contributed by atoms with Gasteiger partial charge in [0, 0.05) is 10.4 Å². The van der Waals surface area contributed by atoms with Crippen LogP contribution in [0.3, 0.4) is 0 Å². The molecule has 21 heavy (non-hydrogen) atoms. The maximum absolute atomic E-state index is 12.1. The Labute approximate surface area is 129 Å². The second-order valence-electron chi connectivity index (χ2n) is 5.49. The van der Waals surface area contributed by atoms with Crippen LogP contribution >= 0.6 is 11.3 Å². The van der Waals surface area contributed by atoms with Gasteiger partial charge in [-0.15, -0.1) is 11.3 Å². The van der Waals surface area contributed by atoms with Crippen molar-refractivity contribution in [2.75, 3.05) is 25.0 Å². The van der Waals surface area contributed by atoms with E-state index in [4.69, 9.17) is 0 Å². The molecule has 2 rings (SSSR count). The number of amides is 1. The van der Waals surface area contributed by atoms with E-state index in [1.54, 1.807) is 6.07 Å². The van der Waals surface area contributed by atoms with Crippen molar-refractivity contribution in [3.8, 4) is 0 Å². The Kier molecular flexibility index (Phi) is 5.76. The van der Waals surface area contributed by atoms with Crippen LogP contribution in [0.2, 0.25) is 0 Å². The van der Waals surface area contributed by atoms with Crippen molar-refractivity contribution in [1.29, 1.82) is 0 Å². The van der Waals surface area contributed by atoms with Crippen molar-refractivity contribution in [3.05, 3.63) is 16.5 Å². The number of rotatable bonds is 5. The van der Waals surface area contributed by atoms with Crippen LogP contribution in [0.1, 0.15) is 47.8 Å². The van der Waals surface area contributed by atoms with Crippen molar-refractivity contribution in [3.63, 3.8) is 0 Å². The second kappa shape index (κ2) is 7.56. The quantitative estimate of drug-likeness (QED) is 0.808. The molecular weight excluding hydrogens is 288 g/mol. The molecule has 1 aromatic heterocycles. The van der Waals surface area contributed by atoms with E-state index in [0.717, 1.165) is 37.2 Å². The van der Waals surface area contributed by atoms with Crippen LogP contribution in [-0.4, -0.2) is 31.5 Å². The highest BCUT2D eigenvalue weighted by atomic mass is 32.1. The number of carboxylic acid groups (broad SMARTS) is 1. The normalized spacial score (nSPS) is 16.4. The number of carbonyl (C=O) groups excluding carboxylic acids is 2. The highest BCUT2D eigenvalue weighted by Crippen LogP contribution is 2.27. The van der Waals surface area contributed by atoms with Crippen LogP contribution in [-0.2, 0) is 11.2 Å². The molecule has 6 heteroatoms. The van der Waals surface area contributed by atoms with Crippen LogP contribution in [0.5, 0.6) is 0 Å². The molecule has 0 radical (unpaired) electrons. The highest BCUT2D eigenvalue weighted by Gasteiger charge is 2.18. The number of nitrogens with one attached hydrogen (secondary N) is 2. The number of thiophene rings is 1. The average molecular weight is 310 g/mol. The third kappa shape index (κ3) is 4.54. The van der Waals surface area contributed by atoms with Crippen molar-refractivity contribution < 1.29 is 19.6 Å². The van der Waals surface area contributed by atoms with Crippen LogP contribution < -0.4 is 15.3 Å². The van der Waals surface area contributed by atoms with Gasteiger partial charge in [-0.25, -0.2) is 0 Å². The van der Waals surface area contributed by atoms with Gasteiger partial charge < -0.3 is 20.1 Å². The minimum atomic E-state index is -1.23. The Bertz CT molecular complexity index is 505. The monoisotopic (exact) mass is 310 g/mol. The third-order valence-electron chi connectivity index (χ3n) is 3.83. The molecule has 2 heterocycles. The van der Waals surface area contributed by atoms with Gasteiger partial charge in [-0.2, -0.15) is 0 Å². The summed E-state index contributed by atoms with van der Waals surface area (Å²) >= 11 is 1.32. The maximum atomic E-state index is 12.1. The molecule has 0 atom stereocenters. The number of likely N-dealkylation sites (tertiary alicyclic amines) is 1. The molecule has 0 bridgehead atoms. The molecule has 0 unspecified atom stereocenters. The molecule has 1 aromatic rings. The van der Waals surface area contributed by atoms with Crippen molar-refractivity contribution >= 4 is 28.2 Å². The summed E-state index contributed by atoms with van der Waals surface area (Å²) in [6.07, 6.45) is 5.55. The molecule has 1 amide bonds. The number of aryl methyl sites for hydroxylation is 1. The smallest absolute Gasteiger partial charge is 0.280 e. The standard InChI is InChI=1S/C15H22N2O3S/c1-2-11-9-12(15(19)20)14(21-11)16-13(18)10-17-7-5-3-4-6-8-17/h9H,2-8,10H2,1H3,(H,16,18)(H,19,20). The molecule has 1 aliphatic heterocycles. The summed E-state index contributed by atoms with van der Waals surface area (Å²) in [4.78, 5) is 25.5. The molecule has 0 saturated carbocycles. The Hall–Kier alpha value is -1.40. The number of aromatic carboxylic acids is 1. The van der Waals surface area contributed by atoms with E-state index in [9.17, 15) is 14.7 Å². The van der Waals surface area contributed by atoms with E-state index in [0.29, 0.717) is 11.5 Å². The SMILES string of the molecule is CCc1cc(C(=O)[O-])c(NC(=O)C[NH+]2CCCCCC2)s1. The Morgan fingerprint density at radius 3 is 2.52 bits per heavy atom. The van der Waals surface area contributed by atoms with E-state index in [-0.39, 0.29) is 11.5 Å². The van der Waals surface area contributed by atoms with Crippen LogP contribution in [0.15, 0.2) is 6.07 Å². The van der Waals surface area contributed by atoms with Gasteiger partial charge in [0.2, 0.25) is 0 Å². The van der Waals surface area contributed by atoms with Gasteiger partial charge in [-0.05, 0) is 38.2 Å². The zero-order valence-electron chi connectivity index (χ0n) is 12.4. The lowest BCUT2D eigenvalue weighted by Gasteiger charge is -2.16. The third-order valence-corrected chi connectivity index (χ3v) is 5.02. The first kappa shape index (κ1) is 16.0. The fourth-order valence-electron chi connectivity index (χ4n) is 2.66. The first-order valence-electron chi connectivity index (χ1n) is 7.57. The number of hydrogen-bond donors (Lipinski definition) is 2. The van der Waals surface area contributed by atoms with E-state index in [1.807, 2.05) is 6.92 Å². The van der Waals surface area contributed by atoms with Gasteiger partial charge >= 0.3 is 0 Å². The van der Waals surface area contributed by atoms with Gasteiger partial charge in [0.1, 0.15) is 5.00 Å². The average Bonchev–Trinajstić information content (AvgIpc) is 2.67. The molecule has 0 aromatic carbocycles. The summed E-state index contributed by atoms with van der Waals surface area (Å²) in [5.41, 5.74) is 0.0936. The van der Waals surface area contributed by atoms with Crippen molar-refractivity contribution in [1.82, 2.24) is 0 Å². The van der Waals surface area contributed by atoms with Gasteiger partial charge in [0.25, 0.3) is 5.91 Å². The minimum absolute atomic E-state index is 0.0936. The minimum Gasteiger partial charge on any atom is -0.545 e. The lowest BCUT2D eigenvalue weighted by atomic mass is 10.2. The topological polar surface area (TPSA) is 73.7 Å². The second-order valence-corrected chi connectivity index (χ2v) is 6.62. The molecule has 0 spiro atoms. The fourth-order valence-corrected chi connectivity index (χ4v) is 3.66. The molecule has 1 aliphatic rings. The van der Waals surface area contributed by atoms with Gasteiger partial charge in [-0.1, -0.05) is 6.92 Å². The summed E-state index contributed by atoms with van der Waals surface area (Å²) in [6, 6.07) is 1.59. The van der Waals surface area contributed by atoms with E-state index in [1.165, 1.54) is 29.1 Å². The molecule has 116 valence electrons. The van der Waals surface area contributed by atoms with E-state index >= 15 is 0 Å². The van der Waals surface area contributed by atoms with E-state index in [2.05, 4.69) is 5.32 Å². The molecule has 1 saturated heterocycles. The number of carboxylic acids is 1. The number of carbonyl (C=O) groups is 2. The van der Waals surface area contributed by atoms with Crippen LogP contribution in [0.4, 0.5) is 5.00 Å². The first-order valence-corrected chi connectivity index (χ1v) is 8.39. The van der Waals surface area contributed by atoms with Gasteiger partial charge in [0.05, 0.1) is 19.1 Å². The Balaban J connectivity index is 1.98. The van der Waals surface area contributed by atoms with Crippen molar-refractivity contribution in [2.45, 2.75) is 39.0 Å². The van der Waals surface area contributed by atoms with E-state index < -0.39 is 5.97 Å². The summed E-state index contributed by atoms with van der Waals surface area (Å²) in [7, 11) is 0. The largest absolute Gasteiger partial charge is 0.545 e. The van der Waals surface area contributed by atoms with Gasteiger partial charge in [-0.3, -0.25) is 4.79 Å². The predicted octanol–water partition coefficient (Wildman–Crippen LogP) is 0.0714. The lowest BCUT2D eigenvalue weighted by molar-refractivity contribution is -0.890. The Morgan fingerprint density at radius 1 is 1.29 bits per heavy atom. The highest BCUT2D eigenvalue weighted by molar-refractivity contribution is 7.16. The molecule has 1 fully saturated rings. The summed E-state index contributed by atoms with van der Waals surface area (Å²) in [6.45, 7) is 4.40. The number of anilines is 1. The fraction of sp³-hybridized carbons (Fsp3) is 0.600. The molecule has 5 nitrogen and oxygen atoms in total. The summed E-state index contributed by atoms with van der Waals surface area (Å²) < 4.78 is 0. The van der Waals surface area contributed by atoms with Crippen LogP contribution in [0.25, 0.3) is 0 Å². The molecule has 2 N–H and O–H groups in total. The van der Waals surface area contributed by atoms with Crippen molar-refractivity contribution in [2.24, 2.45) is 0 Å². The zero-order chi connectivity index (χ0) is 15.2. The predicted molar refractivity (Wildman–Crippen MR) is 80.7 cm³/mol. The Morgan fingerprint density at radius 2 is 1.95 bits per heavy atom. The first-order chi connectivity index (χ1) is 10.1. The summed E-state index contributed by atoms with van der Waals surface area (Å²) in [5.74, 6) is -1.35. The summed E-state index contributed by atoms with van der Waals surface area (Å²) in [5, 5.41) is 14.3. The number of hydrogen-bond acceptors (Lipinski definition) is 4. The van der Waals surface area contributed by atoms with Crippen LogP contribution in [0, 0.1) is 0 Å². The zero-order valence-corrected chi connectivity index (χ0v) is 13.2. The molecular formula is C15H22N2O3S. The van der Waals surface area contributed by atoms with Gasteiger partial charge in [0.15, 0.2) is 6.54 Å². The maximum Gasteiger partial charge on any atom is 0.280 e. The number of quaternary nitrogens is 1. The molecule has 0 aliphatic carbocycles.